The van der Waals surface area contributed by atoms with E-state index in [4.69, 9.17) is 9.47 Å². The van der Waals surface area contributed by atoms with Crippen molar-refractivity contribution < 1.29 is 19.7 Å². The fourth-order valence-electron chi connectivity index (χ4n) is 2.49. The van der Waals surface area contributed by atoms with Crippen molar-refractivity contribution in [3.05, 3.63) is 0 Å². The molecule has 1 atom stereocenters. The van der Waals surface area contributed by atoms with Crippen LogP contribution in [0.25, 0.3) is 0 Å². The van der Waals surface area contributed by atoms with Gasteiger partial charge in [0.2, 0.25) is 0 Å². The normalized spacial score (nSPS) is 18.1. The zero-order chi connectivity index (χ0) is 15.4. The van der Waals surface area contributed by atoms with Crippen LogP contribution in [0.4, 0.5) is 0 Å². The van der Waals surface area contributed by atoms with Gasteiger partial charge >= 0.3 is 0 Å². The van der Waals surface area contributed by atoms with E-state index >= 15 is 0 Å². The maximum Gasteiger partial charge on any atom is 0.186 e. The van der Waals surface area contributed by atoms with Crippen molar-refractivity contribution >= 4 is 0 Å². The highest BCUT2D eigenvalue weighted by molar-refractivity contribution is 4.69. The number of hydrogen-bond donors (Lipinski definition) is 2. The third-order valence-corrected chi connectivity index (χ3v) is 3.97. The maximum atomic E-state index is 9.76. The summed E-state index contributed by atoms with van der Waals surface area (Å²) in [5.41, 5.74) is 0. The lowest BCUT2D eigenvalue weighted by Gasteiger charge is -2.21. The summed E-state index contributed by atoms with van der Waals surface area (Å²) in [6.07, 6.45) is 13.0. The van der Waals surface area contributed by atoms with Crippen molar-refractivity contribution in [1.82, 2.24) is 0 Å². The van der Waals surface area contributed by atoms with Gasteiger partial charge in [0.15, 0.2) is 5.79 Å². The van der Waals surface area contributed by atoms with E-state index < -0.39 is 5.79 Å². The summed E-state index contributed by atoms with van der Waals surface area (Å²) in [6, 6.07) is 0. The second-order valence-electron chi connectivity index (χ2n) is 6.38. The van der Waals surface area contributed by atoms with Crippen LogP contribution >= 0.6 is 0 Å². The van der Waals surface area contributed by atoms with Crippen molar-refractivity contribution in [2.45, 2.75) is 89.4 Å². The first-order valence-electron chi connectivity index (χ1n) is 8.78. The second-order valence-corrected chi connectivity index (χ2v) is 6.38. The average molecular weight is 302 g/mol. The lowest BCUT2D eigenvalue weighted by Crippen LogP contribution is -2.34. The molecule has 4 nitrogen and oxygen atoms in total. The molecule has 1 saturated heterocycles. The molecule has 1 fully saturated rings. The quantitative estimate of drug-likeness (QED) is 0.276. The van der Waals surface area contributed by atoms with Crippen molar-refractivity contribution in [3.63, 3.8) is 0 Å². The molecule has 0 spiro atoms. The van der Waals surface area contributed by atoms with E-state index in [0.29, 0.717) is 13.0 Å². The Bertz CT molecular complexity index is 239. The van der Waals surface area contributed by atoms with Gasteiger partial charge in [0.25, 0.3) is 0 Å². The molecular formula is C17H34O4. The Hall–Kier alpha value is -0.160. The van der Waals surface area contributed by atoms with Gasteiger partial charge in [-0.1, -0.05) is 64.7 Å². The van der Waals surface area contributed by atoms with Crippen molar-refractivity contribution in [2.75, 3.05) is 19.8 Å². The molecule has 1 heterocycles. The van der Waals surface area contributed by atoms with Crippen LogP contribution < -0.4 is 0 Å². The molecular weight excluding hydrogens is 268 g/mol. The number of ether oxygens (including phenoxy) is 2. The molecule has 0 bridgehead atoms. The molecule has 0 aromatic rings. The molecule has 0 radical (unpaired) electrons. The minimum absolute atomic E-state index is 0.00963. The van der Waals surface area contributed by atoms with Crippen LogP contribution in [0.15, 0.2) is 0 Å². The minimum atomic E-state index is -1.67. The van der Waals surface area contributed by atoms with Crippen molar-refractivity contribution in [1.29, 1.82) is 0 Å². The predicted octanol–water partition coefficient (Wildman–Crippen LogP) is 3.39. The number of aliphatic hydroxyl groups is 2. The molecule has 0 aromatic carbocycles. The van der Waals surface area contributed by atoms with Crippen LogP contribution in [0.5, 0.6) is 0 Å². The van der Waals surface area contributed by atoms with E-state index in [1.54, 1.807) is 0 Å². The highest BCUT2D eigenvalue weighted by Crippen LogP contribution is 2.16. The summed E-state index contributed by atoms with van der Waals surface area (Å²) in [6.45, 7) is 3.45. The average Bonchev–Trinajstić information content (AvgIpc) is 3.25. The Morgan fingerprint density at radius 1 is 0.952 bits per heavy atom. The Morgan fingerprint density at radius 3 is 2.00 bits per heavy atom. The van der Waals surface area contributed by atoms with Crippen LogP contribution in [0.2, 0.25) is 0 Å². The number of unbranched alkanes of at least 4 members (excludes halogenated alkanes) is 9. The second kappa shape index (κ2) is 11.4. The van der Waals surface area contributed by atoms with E-state index in [2.05, 4.69) is 6.92 Å². The highest BCUT2D eigenvalue weighted by atomic mass is 16.6. The summed E-state index contributed by atoms with van der Waals surface area (Å²) in [7, 11) is 0. The molecule has 4 heteroatoms. The summed E-state index contributed by atoms with van der Waals surface area (Å²) in [5, 5.41) is 19.5. The zero-order valence-electron chi connectivity index (χ0n) is 13.7. The summed E-state index contributed by atoms with van der Waals surface area (Å²) >= 11 is 0. The van der Waals surface area contributed by atoms with E-state index in [1.165, 1.54) is 51.4 Å². The SMILES string of the molecule is CCCCCCCCCCCCC(O)(O)COCC1CO1. The largest absolute Gasteiger partial charge is 0.373 e. The van der Waals surface area contributed by atoms with E-state index in [0.717, 1.165) is 19.4 Å². The Labute approximate surface area is 129 Å². The Morgan fingerprint density at radius 2 is 1.48 bits per heavy atom. The van der Waals surface area contributed by atoms with Gasteiger partial charge in [-0.3, -0.25) is 0 Å². The van der Waals surface area contributed by atoms with E-state index in [-0.39, 0.29) is 12.7 Å². The molecule has 1 aliphatic heterocycles. The van der Waals surface area contributed by atoms with Crippen LogP contribution in [-0.2, 0) is 9.47 Å². The number of hydrogen-bond acceptors (Lipinski definition) is 4. The van der Waals surface area contributed by atoms with Crippen LogP contribution in [-0.4, -0.2) is 41.9 Å². The lowest BCUT2D eigenvalue weighted by atomic mass is 10.0. The summed E-state index contributed by atoms with van der Waals surface area (Å²) in [4.78, 5) is 0. The van der Waals surface area contributed by atoms with Crippen molar-refractivity contribution in [2.24, 2.45) is 0 Å². The van der Waals surface area contributed by atoms with E-state index in [1.807, 2.05) is 0 Å². The van der Waals surface area contributed by atoms with Gasteiger partial charge in [0, 0.05) is 6.42 Å². The molecule has 0 saturated carbocycles. The topological polar surface area (TPSA) is 62.2 Å². The van der Waals surface area contributed by atoms with Gasteiger partial charge in [-0.25, -0.2) is 0 Å². The zero-order valence-corrected chi connectivity index (χ0v) is 13.7. The third-order valence-electron chi connectivity index (χ3n) is 3.97. The van der Waals surface area contributed by atoms with Crippen LogP contribution in [0, 0.1) is 0 Å². The van der Waals surface area contributed by atoms with E-state index in [9.17, 15) is 10.2 Å². The highest BCUT2D eigenvalue weighted by Gasteiger charge is 2.26. The molecule has 1 rings (SSSR count). The van der Waals surface area contributed by atoms with Crippen molar-refractivity contribution in [3.8, 4) is 0 Å². The molecule has 21 heavy (non-hydrogen) atoms. The molecule has 1 unspecified atom stereocenters. The number of epoxide rings is 1. The first-order valence-corrected chi connectivity index (χ1v) is 8.78. The predicted molar refractivity (Wildman–Crippen MR) is 84.2 cm³/mol. The molecule has 2 N–H and O–H groups in total. The maximum absolute atomic E-state index is 9.76. The number of rotatable bonds is 15. The van der Waals surface area contributed by atoms with Gasteiger partial charge in [0.1, 0.15) is 12.7 Å². The Kier molecular flexibility index (Phi) is 10.3. The molecule has 0 aliphatic carbocycles. The third kappa shape index (κ3) is 12.1. The molecule has 0 aromatic heterocycles. The first-order chi connectivity index (χ1) is 10.1. The van der Waals surface area contributed by atoms with Gasteiger partial charge in [-0.2, -0.15) is 0 Å². The first kappa shape index (κ1) is 18.9. The molecule has 0 amide bonds. The minimum Gasteiger partial charge on any atom is -0.373 e. The Balaban J connectivity index is 1.81. The standard InChI is InChI=1S/C17H34O4/c1-2-3-4-5-6-7-8-9-10-11-12-17(18,19)15-20-13-16-14-21-16/h16,18-19H,2-15H2,1H3. The molecule has 1 aliphatic rings. The van der Waals surface area contributed by atoms with Crippen LogP contribution in [0.1, 0.15) is 77.6 Å². The van der Waals surface area contributed by atoms with Gasteiger partial charge in [-0.05, 0) is 6.42 Å². The fraction of sp³-hybridized carbons (Fsp3) is 1.00. The van der Waals surface area contributed by atoms with Gasteiger partial charge in [-0.15, -0.1) is 0 Å². The smallest absolute Gasteiger partial charge is 0.186 e. The monoisotopic (exact) mass is 302 g/mol. The van der Waals surface area contributed by atoms with Gasteiger partial charge < -0.3 is 19.7 Å². The lowest BCUT2D eigenvalue weighted by molar-refractivity contribution is -0.202. The van der Waals surface area contributed by atoms with Gasteiger partial charge in [0.05, 0.1) is 13.2 Å². The summed E-state index contributed by atoms with van der Waals surface area (Å²) in [5.74, 6) is -1.67. The molecule has 126 valence electrons. The summed E-state index contributed by atoms with van der Waals surface area (Å²) < 4.78 is 10.2. The fourth-order valence-corrected chi connectivity index (χ4v) is 2.49. The van der Waals surface area contributed by atoms with Crippen LogP contribution in [0.3, 0.4) is 0 Å².